The third-order valence-corrected chi connectivity index (χ3v) is 2.38. The SMILES string of the molecule is CCCCCCCC(=O)OC(CO)COC(=O)O. The lowest BCUT2D eigenvalue weighted by Gasteiger charge is -2.14. The molecule has 0 saturated heterocycles. The Hall–Kier alpha value is -1.30. The van der Waals surface area contributed by atoms with Gasteiger partial charge in [0.2, 0.25) is 0 Å². The van der Waals surface area contributed by atoms with Crippen molar-refractivity contribution in [2.75, 3.05) is 13.2 Å². The molecule has 0 rings (SSSR count). The summed E-state index contributed by atoms with van der Waals surface area (Å²) < 4.78 is 9.11. The van der Waals surface area contributed by atoms with Crippen molar-refractivity contribution < 1.29 is 29.3 Å². The first-order valence-corrected chi connectivity index (χ1v) is 6.26. The highest BCUT2D eigenvalue weighted by Gasteiger charge is 2.15. The second-order valence-electron chi connectivity index (χ2n) is 4.04. The minimum absolute atomic E-state index is 0.285. The highest BCUT2D eigenvalue weighted by molar-refractivity contribution is 5.69. The zero-order valence-corrected chi connectivity index (χ0v) is 10.8. The molecule has 0 radical (unpaired) electrons. The molecule has 1 atom stereocenters. The summed E-state index contributed by atoms with van der Waals surface area (Å²) in [5.41, 5.74) is 0. The summed E-state index contributed by atoms with van der Waals surface area (Å²) in [4.78, 5) is 21.5. The van der Waals surface area contributed by atoms with Crippen molar-refractivity contribution in [1.29, 1.82) is 0 Å². The van der Waals surface area contributed by atoms with Crippen LogP contribution in [0.3, 0.4) is 0 Å². The van der Waals surface area contributed by atoms with Gasteiger partial charge in [-0.3, -0.25) is 4.79 Å². The van der Waals surface area contributed by atoms with Crippen LogP contribution in [0.5, 0.6) is 0 Å². The van der Waals surface area contributed by atoms with Crippen LogP contribution < -0.4 is 0 Å². The molecule has 0 spiro atoms. The van der Waals surface area contributed by atoms with Crippen LogP contribution in [-0.4, -0.2) is 41.7 Å². The van der Waals surface area contributed by atoms with E-state index in [1.165, 1.54) is 0 Å². The Bertz CT molecular complexity index is 241. The highest BCUT2D eigenvalue weighted by atomic mass is 16.7. The van der Waals surface area contributed by atoms with Gasteiger partial charge in [-0.25, -0.2) is 4.79 Å². The number of hydrogen-bond acceptors (Lipinski definition) is 5. The van der Waals surface area contributed by atoms with Gasteiger partial charge in [0.15, 0.2) is 6.10 Å². The summed E-state index contributed by atoms with van der Waals surface area (Å²) in [6.07, 6.45) is 3.02. The molecular weight excluding hydrogens is 240 g/mol. The number of unbranched alkanes of at least 4 members (excludes halogenated alkanes) is 4. The van der Waals surface area contributed by atoms with E-state index in [0.717, 1.165) is 32.1 Å². The number of carbonyl (C=O) groups excluding carboxylic acids is 1. The second-order valence-corrected chi connectivity index (χ2v) is 4.04. The van der Waals surface area contributed by atoms with Crippen LogP contribution in [0.25, 0.3) is 0 Å². The maximum atomic E-state index is 11.4. The molecule has 18 heavy (non-hydrogen) atoms. The Morgan fingerprint density at radius 1 is 1.17 bits per heavy atom. The molecule has 0 aliphatic rings. The summed E-state index contributed by atoms with van der Waals surface area (Å²) in [5, 5.41) is 17.2. The highest BCUT2D eigenvalue weighted by Crippen LogP contribution is 2.06. The summed E-state index contributed by atoms with van der Waals surface area (Å²) in [6, 6.07) is 0. The van der Waals surface area contributed by atoms with Crippen molar-refractivity contribution in [3.63, 3.8) is 0 Å². The first-order valence-electron chi connectivity index (χ1n) is 6.26. The molecule has 0 amide bonds. The average molecular weight is 262 g/mol. The van der Waals surface area contributed by atoms with Crippen molar-refractivity contribution in [1.82, 2.24) is 0 Å². The van der Waals surface area contributed by atoms with Gasteiger partial charge in [0, 0.05) is 6.42 Å². The number of ether oxygens (including phenoxy) is 2. The van der Waals surface area contributed by atoms with E-state index in [0.29, 0.717) is 0 Å². The van der Waals surface area contributed by atoms with Crippen LogP contribution in [0.2, 0.25) is 0 Å². The van der Waals surface area contributed by atoms with E-state index >= 15 is 0 Å². The molecule has 0 fully saturated rings. The number of hydrogen-bond donors (Lipinski definition) is 2. The molecule has 0 aromatic heterocycles. The standard InChI is InChI=1S/C12H22O6/c1-2-3-4-5-6-7-11(14)18-10(8-13)9-17-12(15)16/h10,13H,2-9H2,1H3,(H,15,16). The van der Waals surface area contributed by atoms with Gasteiger partial charge in [0.1, 0.15) is 6.61 Å². The Kier molecular flexibility index (Phi) is 10.0. The molecule has 0 saturated carbocycles. The predicted molar refractivity (Wildman–Crippen MR) is 64.3 cm³/mol. The van der Waals surface area contributed by atoms with E-state index in [-0.39, 0.29) is 13.0 Å². The maximum absolute atomic E-state index is 11.4. The molecule has 0 aromatic carbocycles. The number of esters is 1. The third kappa shape index (κ3) is 9.89. The molecule has 6 heteroatoms. The molecular formula is C12H22O6. The largest absolute Gasteiger partial charge is 0.505 e. The fourth-order valence-corrected chi connectivity index (χ4v) is 1.41. The van der Waals surface area contributed by atoms with Crippen LogP contribution in [0, 0.1) is 0 Å². The maximum Gasteiger partial charge on any atom is 0.505 e. The van der Waals surface area contributed by atoms with Gasteiger partial charge in [0.05, 0.1) is 6.61 Å². The summed E-state index contributed by atoms with van der Waals surface area (Å²) in [6.45, 7) is 1.32. The molecule has 106 valence electrons. The third-order valence-electron chi connectivity index (χ3n) is 2.38. The second kappa shape index (κ2) is 10.8. The zero-order valence-electron chi connectivity index (χ0n) is 10.8. The lowest BCUT2D eigenvalue weighted by atomic mass is 10.1. The Labute approximate surface area is 107 Å². The van der Waals surface area contributed by atoms with Crippen molar-refractivity contribution in [2.45, 2.75) is 51.6 Å². The lowest BCUT2D eigenvalue weighted by Crippen LogP contribution is -2.28. The van der Waals surface area contributed by atoms with Crippen molar-refractivity contribution in [3.8, 4) is 0 Å². The molecule has 2 N–H and O–H groups in total. The Morgan fingerprint density at radius 3 is 2.39 bits per heavy atom. The average Bonchev–Trinajstić information content (AvgIpc) is 2.34. The number of rotatable bonds is 10. The van der Waals surface area contributed by atoms with Crippen molar-refractivity contribution in [3.05, 3.63) is 0 Å². The van der Waals surface area contributed by atoms with E-state index in [9.17, 15) is 9.59 Å². The first-order chi connectivity index (χ1) is 8.60. The molecule has 6 nitrogen and oxygen atoms in total. The van der Waals surface area contributed by atoms with Crippen LogP contribution in [0.4, 0.5) is 4.79 Å². The fourth-order valence-electron chi connectivity index (χ4n) is 1.41. The summed E-state index contributed by atoms with van der Waals surface area (Å²) >= 11 is 0. The first kappa shape index (κ1) is 16.7. The normalized spacial score (nSPS) is 11.9. The van der Waals surface area contributed by atoms with Crippen molar-refractivity contribution >= 4 is 12.1 Å². The van der Waals surface area contributed by atoms with E-state index in [1.807, 2.05) is 0 Å². The monoisotopic (exact) mass is 262 g/mol. The van der Waals surface area contributed by atoms with Crippen LogP contribution in [0.15, 0.2) is 0 Å². The van der Waals surface area contributed by atoms with Gasteiger partial charge in [-0.05, 0) is 6.42 Å². The minimum atomic E-state index is -1.45. The molecule has 0 aromatic rings. The lowest BCUT2D eigenvalue weighted by molar-refractivity contribution is -0.154. The van der Waals surface area contributed by atoms with Gasteiger partial charge in [-0.2, -0.15) is 0 Å². The number of carboxylic acid groups (broad SMARTS) is 1. The Morgan fingerprint density at radius 2 is 1.83 bits per heavy atom. The van der Waals surface area contributed by atoms with Gasteiger partial charge < -0.3 is 19.7 Å². The fraction of sp³-hybridized carbons (Fsp3) is 0.833. The smallest absolute Gasteiger partial charge is 0.456 e. The van der Waals surface area contributed by atoms with Crippen LogP contribution in [-0.2, 0) is 14.3 Å². The van der Waals surface area contributed by atoms with Gasteiger partial charge in [-0.15, -0.1) is 0 Å². The van der Waals surface area contributed by atoms with E-state index in [1.54, 1.807) is 0 Å². The van der Waals surface area contributed by atoms with Gasteiger partial charge in [0.25, 0.3) is 0 Å². The molecule has 1 unspecified atom stereocenters. The quantitative estimate of drug-likeness (QED) is 0.461. The molecule has 0 bridgehead atoms. The van der Waals surface area contributed by atoms with Crippen LogP contribution >= 0.6 is 0 Å². The van der Waals surface area contributed by atoms with Gasteiger partial charge in [-0.1, -0.05) is 32.6 Å². The molecule has 0 aliphatic carbocycles. The van der Waals surface area contributed by atoms with E-state index in [2.05, 4.69) is 11.7 Å². The van der Waals surface area contributed by atoms with Crippen molar-refractivity contribution in [2.24, 2.45) is 0 Å². The summed E-state index contributed by atoms with van der Waals surface area (Å²) in [5.74, 6) is -0.431. The number of carbonyl (C=O) groups is 2. The Balaban J connectivity index is 3.66. The molecule has 0 heterocycles. The van der Waals surface area contributed by atoms with E-state index in [4.69, 9.17) is 14.9 Å². The van der Waals surface area contributed by atoms with Gasteiger partial charge >= 0.3 is 12.1 Å². The number of aliphatic hydroxyl groups excluding tert-OH is 1. The van der Waals surface area contributed by atoms with Crippen LogP contribution in [0.1, 0.15) is 45.4 Å². The number of aliphatic hydroxyl groups is 1. The summed E-state index contributed by atoms with van der Waals surface area (Å²) in [7, 11) is 0. The molecule has 0 aliphatic heterocycles. The zero-order chi connectivity index (χ0) is 13.8. The predicted octanol–water partition coefficient (Wildman–Crippen LogP) is 1.95. The topological polar surface area (TPSA) is 93.1 Å². The minimum Gasteiger partial charge on any atom is -0.456 e. The van der Waals surface area contributed by atoms with E-state index < -0.39 is 24.8 Å².